The number of ether oxygens (including phenoxy) is 2. The van der Waals surface area contributed by atoms with Gasteiger partial charge in [0.2, 0.25) is 0 Å². The summed E-state index contributed by atoms with van der Waals surface area (Å²) >= 11 is 0. The Morgan fingerprint density at radius 1 is 1.40 bits per heavy atom. The summed E-state index contributed by atoms with van der Waals surface area (Å²) in [6.45, 7) is 4.89. The van der Waals surface area contributed by atoms with Crippen LogP contribution in [0.5, 0.6) is 5.75 Å². The number of nitrogens with one attached hydrogen (secondary N) is 1. The molecule has 7 heteroatoms. The number of nitrogens with zero attached hydrogens (tertiary/aromatic N) is 1. The average molecular weight is 284 g/mol. The van der Waals surface area contributed by atoms with E-state index in [-0.39, 0.29) is 24.1 Å². The van der Waals surface area contributed by atoms with Crippen LogP contribution >= 0.6 is 0 Å². The molecule has 0 saturated heterocycles. The lowest BCUT2D eigenvalue weighted by Crippen LogP contribution is -2.12. The minimum absolute atomic E-state index is 0.0100. The molecule has 1 aromatic carbocycles. The van der Waals surface area contributed by atoms with Crippen molar-refractivity contribution in [2.45, 2.75) is 20.0 Å². The van der Waals surface area contributed by atoms with E-state index >= 15 is 0 Å². The molecule has 0 unspecified atom stereocenters. The molecule has 0 aromatic heterocycles. The van der Waals surface area contributed by atoms with Gasteiger partial charge in [-0.2, -0.15) is 0 Å². The standard InChI is InChI=1S/C13H20N2O5/c1-10(2)20-13-9-11(3-4-12(13)15(17)18)14-5-7-19-8-6-16/h3-4,9-10,14,16H,5-8H2,1-2H3. The molecule has 0 bridgehead atoms. The summed E-state index contributed by atoms with van der Waals surface area (Å²) in [6, 6.07) is 4.64. The molecular weight excluding hydrogens is 264 g/mol. The first-order valence-electron chi connectivity index (χ1n) is 6.42. The van der Waals surface area contributed by atoms with Crippen molar-refractivity contribution in [1.29, 1.82) is 0 Å². The highest BCUT2D eigenvalue weighted by molar-refractivity contribution is 5.58. The van der Waals surface area contributed by atoms with Crippen LogP contribution < -0.4 is 10.1 Å². The second-order valence-corrected chi connectivity index (χ2v) is 4.37. The Labute approximate surface area is 117 Å². The summed E-state index contributed by atoms with van der Waals surface area (Å²) in [5.41, 5.74) is 0.666. The zero-order valence-electron chi connectivity index (χ0n) is 11.7. The molecular formula is C13H20N2O5. The van der Waals surface area contributed by atoms with Crippen molar-refractivity contribution in [1.82, 2.24) is 0 Å². The van der Waals surface area contributed by atoms with Crippen LogP contribution in [-0.4, -0.2) is 42.5 Å². The van der Waals surface area contributed by atoms with Crippen molar-refractivity contribution >= 4 is 11.4 Å². The third-order valence-corrected chi connectivity index (χ3v) is 2.33. The summed E-state index contributed by atoms with van der Waals surface area (Å²) < 4.78 is 10.6. The normalized spacial score (nSPS) is 10.6. The smallest absolute Gasteiger partial charge is 0.311 e. The molecule has 0 aliphatic carbocycles. The van der Waals surface area contributed by atoms with Crippen LogP contribution in [0.2, 0.25) is 0 Å². The minimum atomic E-state index is -0.466. The molecule has 0 atom stereocenters. The van der Waals surface area contributed by atoms with Crippen molar-refractivity contribution in [2.24, 2.45) is 0 Å². The van der Waals surface area contributed by atoms with Crippen LogP contribution in [0.1, 0.15) is 13.8 Å². The fourth-order valence-electron chi connectivity index (χ4n) is 1.56. The zero-order valence-corrected chi connectivity index (χ0v) is 11.7. The average Bonchev–Trinajstić information content (AvgIpc) is 2.37. The van der Waals surface area contributed by atoms with Crippen LogP contribution in [0.15, 0.2) is 18.2 Å². The zero-order chi connectivity index (χ0) is 15.0. The molecule has 0 aliphatic rings. The first-order chi connectivity index (χ1) is 9.54. The van der Waals surface area contributed by atoms with Crippen molar-refractivity contribution in [3.8, 4) is 5.75 Å². The summed E-state index contributed by atoms with van der Waals surface area (Å²) in [5.74, 6) is 0.242. The Balaban J connectivity index is 2.66. The van der Waals surface area contributed by atoms with E-state index in [0.717, 1.165) is 5.69 Å². The predicted octanol–water partition coefficient (Wildman–Crippen LogP) is 1.80. The highest BCUT2D eigenvalue weighted by Gasteiger charge is 2.16. The van der Waals surface area contributed by atoms with E-state index in [9.17, 15) is 10.1 Å². The SMILES string of the molecule is CC(C)Oc1cc(NCCOCCO)ccc1[N+](=O)[O-]. The molecule has 20 heavy (non-hydrogen) atoms. The Morgan fingerprint density at radius 3 is 2.75 bits per heavy atom. The van der Waals surface area contributed by atoms with Crippen molar-refractivity contribution in [2.75, 3.05) is 31.7 Å². The number of nitro benzene ring substituents is 1. The highest BCUT2D eigenvalue weighted by Crippen LogP contribution is 2.30. The Kier molecular flexibility index (Phi) is 6.75. The van der Waals surface area contributed by atoms with Gasteiger partial charge in [0.05, 0.1) is 30.8 Å². The number of rotatable bonds is 9. The van der Waals surface area contributed by atoms with E-state index in [2.05, 4.69) is 5.32 Å². The van der Waals surface area contributed by atoms with Gasteiger partial charge in [-0.05, 0) is 19.9 Å². The van der Waals surface area contributed by atoms with Gasteiger partial charge in [-0.15, -0.1) is 0 Å². The van der Waals surface area contributed by atoms with Crippen molar-refractivity contribution in [3.05, 3.63) is 28.3 Å². The molecule has 0 aliphatic heterocycles. The number of hydrogen-bond acceptors (Lipinski definition) is 6. The first kappa shape index (κ1) is 16.2. The molecule has 0 radical (unpaired) electrons. The third kappa shape index (κ3) is 5.41. The number of anilines is 1. The third-order valence-electron chi connectivity index (χ3n) is 2.33. The minimum Gasteiger partial charge on any atom is -0.484 e. The van der Waals surface area contributed by atoms with Gasteiger partial charge >= 0.3 is 5.69 Å². The van der Waals surface area contributed by atoms with Crippen molar-refractivity contribution < 1.29 is 19.5 Å². The number of hydrogen-bond donors (Lipinski definition) is 2. The van der Waals surface area contributed by atoms with Gasteiger partial charge in [0.1, 0.15) is 0 Å². The number of aliphatic hydroxyl groups excluding tert-OH is 1. The van der Waals surface area contributed by atoms with Gasteiger partial charge in [-0.1, -0.05) is 0 Å². The Morgan fingerprint density at radius 2 is 2.15 bits per heavy atom. The second-order valence-electron chi connectivity index (χ2n) is 4.37. The van der Waals surface area contributed by atoms with Crippen LogP contribution in [0.4, 0.5) is 11.4 Å². The summed E-state index contributed by atoms with van der Waals surface area (Å²) in [5, 5.41) is 22.5. The largest absolute Gasteiger partial charge is 0.484 e. The maximum atomic E-state index is 10.9. The van der Waals surface area contributed by atoms with Gasteiger partial charge in [0, 0.05) is 24.4 Å². The lowest BCUT2D eigenvalue weighted by atomic mass is 10.2. The molecule has 0 spiro atoms. The van der Waals surface area contributed by atoms with Gasteiger partial charge in [0.25, 0.3) is 0 Å². The van der Waals surface area contributed by atoms with Crippen LogP contribution in [0.3, 0.4) is 0 Å². The number of nitro groups is 1. The summed E-state index contributed by atoms with van der Waals surface area (Å²) in [4.78, 5) is 10.4. The van der Waals surface area contributed by atoms with Crippen LogP contribution in [-0.2, 0) is 4.74 Å². The molecule has 0 amide bonds. The van der Waals surface area contributed by atoms with E-state index < -0.39 is 4.92 Å². The quantitative estimate of drug-likeness (QED) is 0.408. The highest BCUT2D eigenvalue weighted by atomic mass is 16.6. The lowest BCUT2D eigenvalue weighted by Gasteiger charge is -2.12. The monoisotopic (exact) mass is 284 g/mol. The first-order valence-corrected chi connectivity index (χ1v) is 6.42. The van der Waals surface area contributed by atoms with E-state index in [1.54, 1.807) is 12.1 Å². The topological polar surface area (TPSA) is 93.9 Å². The predicted molar refractivity (Wildman–Crippen MR) is 75.3 cm³/mol. The van der Waals surface area contributed by atoms with Gasteiger partial charge < -0.3 is 19.9 Å². The lowest BCUT2D eigenvalue weighted by molar-refractivity contribution is -0.386. The molecule has 1 aromatic rings. The summed E-state index contributed by atoms with van der Waals surface area (Å²) in [7, 11) is 0. The van der Waals surface area contributed by atoms with Gasteiger partial charge in [0.15, 0.2) is 5.75 Å². The molecule has 7 nitrogen and oxygen atoms in total. The number of benzene rings is 1. The molecule has 1 rings (SSSR count). The fraction of sp³-hybridized carbons (Fsp3) is 0.538. The number of aliphatic hydroxyl groups is 1. The van der Waals surface area contributed by atoms with Gasteiger partial charge in [-0.25, -0.2) is 0 Å². The summed E-state index contributed by atoms with van der Waals surface area (Å²) in [6.07, 6.45) is -0.142. The second kappa shape index (κ2) is 8.34. The fourth-order valence-corrected chi connectivity index (χ4v) is 1.56. The van der Waals surface area contributed by atoms with Gasteiger partial charge in [-0.3, -0.25) is 10.1 Å². The Hall–Kier alpha value is -1.86. The molecule has 0 heterocycles. The van der Waals surface area contributed by atoms with E-state index in [4.69, 9.17) is 14.6 Å². The maximum Gasteiger partial charge on any atom is 0.311 e. The van der Waals surface area contributed by atoms with Crippen LogP contribution in [0, 0.1) is 10.1 Å². The Bertz CT molecular complexity index is 437. The molecule has 2 N–H and O–H groups in total. The molecule has 0 fully saturated rings. The van der Waals surface area contributed by atoms with Crippen LogP contribution in [0.25, 0.3) is 0 Å². The van der Waals surface area contributed by atoms with E-state index in [0.29, 0.717) is 19.8 Å². The maximum absolute atomic E-state index is 10.9. The van der Waals surface area contributed by atoms with E-state index in [1.807, 2.05) is 13.8 Å². The molecule has 0 saturated carbocycles. The van der Waals surface area contributed by atoms with E-state index in [1.165, 1.54) is 6.07 Å². The van der Waals surface area contributed by atoms with Crippen molar-refractivity contribution in [3.63, 3.8) is 0 Å². The molecule has 112 valence electrons.